The Morgan fingerprint density at radius 1 is 0.571 bits per heavy atom. The molecule has 1 amide bonds. The molecule has 14 heteroatoms. The molecule has 0 aromatic rings. The van der Waals surface area contributed by atoms with E-state index in [4.69, 9.17) is 18.9 Å². The van der Waals surface area contributed by atoms with Crippen LogP contribution in [0.15, 0.2) is 60.8 Å². The first-order valence-electron chi connectivity index (χ1n) is 24.0. The third kappa shape index (κ3) is 23.6. The average molecular weight is 896 g/mol. The molecule has 2 aliphatic heterocycles. The SMILES string of the molecule is CCCC/C=C/CC/C=C/CC/C=C/C(O)C(COC1OC(CO)C(OC2OC(CO)C(O)C(O)C2O)C(O)C1O)NC(=O)CCCCCCCCC/C=C\C/C=C\CCCCC. The average Bonchev–Trinajstić information content (AvgIpc) is 3.28. The van der Waals surface area contributed by atoms with Crippen LogP contribution in [0.2, 0.25) is 0 Å². The Morgan fingerprint density at radius 3 is 1.70 bits per heavy atom. The lowest BCUT2D eigenvalue weighted by Crippen LogP contribution is -2.65. The molecular formula is C49H85NO13. The molecule has 0 spiro atoms. The van der Waals surface area contributed by atoms with Crippen LogP contribution < -0.4 is 5.32 Å². The van der Waals surface area contributed by atoms with Crippen molar-refractivity contribution in [1.29, 1.82) is 0 Å². The van der Waals surface area contributed by atoms with Crippen molar-refractivity contribution < 1.29 is 64.6 Å². The molecule has 0 radical (unpaired) electrons. The lowest BCUT2D eigenvalue weighted by Gasteiger charge is -2.46. The Labute approximate surface area is 377 Å². The Hall–Kier alpha value is -2.31. The number of carbonyl (C=O) groups is 1. The number of aliphatic hydroxyl groups is 8. The minimum atomic E-state index is -1.79. The molecular weight excluding hydrogens is 811 g/mol. The van der Waals surface area contributed by atoms with Gasteiger partial charge in [0.15, 0.2) is 12.6 Å². The standard InChI is InChI=1S/C49H85NO13/c1-3-5-7-9-11-13-15-17-18-19-20-21-23-25-27-29-31-33-41(54)50-37(38(53)32-30-28-26-24-22-16-14-12-10-8-6-4-2)36-60-48-46(59)44(57)47(40(35-52)62-48)63-49-45(58)43(56)42(55)39(34-51)61-49/h10-13,17-18,22,24,30,32,37-40,42-49,51-53,55-59H,3-9,14-16,19-21,23,25-29,31,33-36H2,1-2H3,(H,50,54)/b12-10+,13-11-,18-17-,24-22+,32-30+. The molecule has 0 saturated carbocycles. The minimum Gasteiger partial charge on any atom is -0.394 e. The smallest absolute Gasteiger partial charge is 0.220 e. The molecule has 2 aliphatic rings. The van der Waals surface area contributed by atoms with Gasteiger partial charge in [-0.15, -0.1) is 0 Å². The Kier molecular flexibility index (Phi) is 32.4. The van der Waals surface area contributed by atoms with Gasteiger partial charge in [-0.25, -0.2) is 0 Å². The van der Waals surface area contributed by atoms with E-state index in [2.05, 4.69) is 67.8 Å². The summed E-state index contributed by atoms with van der Waals surface area (Å²) in [6, 6.07) is -0.941. The number of carbonyl (C=O) groups excluding carboxylic acids is 1. The van der Waals surface area contributed by atoms with Gasteiger partial charge in [0.05, 0.1) is 32.0 Å². The number of hydrogen-bond donors (Lipinski definition) is 9. The van der Waals surface area contributed by atoms with Gasteiger partial charge in [0, 0.05) is 6.42 Å². The van der Waals surface area contributed by atoms with Gasteiger partial charge in [-0.2, -0.15) is 0 Å². The lowest BCUT2D eigenvalue weighted by atomic mass is 9.97. The summed E-state index contributed by atoms with van der Waals surface area (Å²) in [5.41, 5.74) is 0. The topological polar surface area (TPSA) is 228 Å². The monoisotopic (exact) mass is 896 g/mol. The fourth-order valence-electron chi connectivity index (χ4n) is 7.39. The molecule has 63 heavy (non-hydrogen) atoms. The maximum Gasteiger partial charge on any atom is 0.220 e. The van der Waals surface area contributed by atoms with Gasteiger partial charge >= 0.3 is 0 Å². The van der Waals surface area contributed by atoms with Gasteiger partial charge in [-0.3, -0.25) is 4.79 Å². The van der Waals surface area contributed by atoms with E-state index in [0.29, 0.717) is 12.8 Å². The second-order valence-corrected chi connectivity index (χ2v) is 16.9. The van der Waals surface area contributed by atoms with E-state index in [9.17, 15) is 45.6 Å². The van der Waals surface area contributed by atoms with E-state index in [-0.39, 0.29) is 18.9 Å². The van der Waals surface area contributed by atoms with E-state index in [1.807, 2.05) is 6.08 Å². The third-order valence-corrected chi connectivity index (χ3v) is 11.4. The zero-order valence-corrected chi connectivity index (χ0v) is 38.3. The highest BCUT2D eigenvalue weighted by atomic mass is 16.7. The summed E-state index contributed by atoms with van der Waals surface area (Å²) in [7, 11) is 0. The van der Waals surface area contributed by atoms with E-state index < -0.39 is 86.8 Å². The van der Waals surface area contributed by atoms with Crippen molar-refractivity contribution in [2.45, 2.75) is 222 Å². The molecule has 2 saturated heterocycles. The molecule has 364 valence electrons. The highest BCUT2D eigenvalue weighted by molar-refractivity contribution is 5.76. The largest absolute Gasteiger partial charge is 0.394 e. The maximum absolute atomic E-state index is 13.1. The number of nitrogens with one attached hydrogen (secondary N) is 1. The van der Waals surface area contributed by atoms with Gasteiger partial charge in [-0.05, 0) is 70.6 Å². The van der Waals surface area contributed by atoms with Crippen LogP contribution in [-0.4, -0.2) is 140 Å². The summed E-state index contributed by atoms with van der Waals surface area (Å²) >= 11 is 0. The molecule has 0 bridgehead atoms. The van der Waals surface area contributed by atoms with Crippen LogP contribution in [0.1, 0.15) is 149 Å². The third-order valence-electron chi connectivity index (χ3n) is 11.4. The number of rotatable bonds is 35. The number of amides is 1. The fraction of sp³-hybridized carbons (Fsp3) is 0.776. The number of allylic oxidation sites excluding steroid dienone is 9. The Balaban J connectivity index is 1.89. The second-order valence-electron chi connectivity index (χ2n) is 16.9. The zero-order valence-electron chi connectivity index (χ0n) is 38.3. The first-order valence-corrected chi connectivity index (χ1v) is 24.0. The van der Waals surface area contributed by atoms with Crippen LogP contribution in [-0.2, 0) is 23.7 Å². The van der Waals surface area contributed by atoms with Crippen molar-refractivity contribution in [2.24, 2.45) is 0 Å². The molecule has 2 heterocycles. The highest BCUT2D eigenvalue weighted by Crippen LogP contribution is 2.30. The number of unbranched alkanes of at least 4 members (excludes halogenated alkanes) is 14. The second kappa shape index (κ2) is 35.9. The number of hydrogen-bond acceptors (Lipinski definition) is 13. The van der Waals surface area contributed by atoms with Crippen molar-refractivity contribution in [3.63, 3.8) is 0 Å². The Morgan fingerprint density at radius 2 is 1.08 bits per heavy atom. The van der Waals surface area contributed by atoms with Crippen molar-refractivity contribution in [1.82, 2.24) is 5.32 Å². The number of aliphatic hydroxyl groups excluding tert-OH is 8. The summed E-state index contributed by atoms with van der Waals surface area (Å²) in [5, 5.41) is 86.5. The first-order chi connectivity index (χ1) is 30.6. The van der Waals surface area contributed by atoms with Crippen LogP contribution in [0.3, 0.4) is 0 Å². The van der Waals surface area contributed by atoms with E-state index in [1.54, 1.807) is 6.08 Å². The van der Waals surface area contributed by atoms with Crippen molar-refractivity contribution in [2.75, 3.05) is 19.8 Å². The van der Waals surface area contributed by atoms with E-state index >= 15 is 0 Å². The summed E-state index contributed by atoms with van der Waals surface area (Å²) < 4.78 is 22.6. The molecule has 2 fully saturated rings. The molecule has 14 nitrogen and oxygen atoms in total. The van der Waals surface area contributed by atoms with Crippen LogP contribution >= 0.6 is 0 Å². The fourth-order valence-corrected chi connectivity index (χ4v) is 7.39. The lowest BCUT2D eigenvalue weighted by molar-refractivity contribution is -0.359. The molecule has 0 aromatic heterocycles. The quantitative estimate of drug-likeness (QED) is 0.0284. The molecule has 0 aliphatic carbocycles. The van der Waals surface area contributed by atoms with Crippen molar-refractivity contribution in [3.8, 4) is 0 Å². The summed E-state index contributed by atoms with van der Waals surface area (Å²) in [6.07, 6.45) is 25.5. The highest BCUT2D eigenvalue weighted by Gasteiger charge is 2.51. The zero-order chi connectivity index (χ0) is 46.1. The maximum atomic E-state index is 13.1. The Bertz CT molecular complexity index is 1290. The van der Waals surface area contributed by atoms with Gasteiger partial charge < -0.3 is 65.1 Å². The van der Waals surface area contributed by atoms with Crippen molar-refractivity contribution in [3.05, 3.63) is 60.8 Å². The predicted octanol–water partition coefficient (Wildman–Crippen LogP) is 5.49. The normalized spacial score (nSPS) is 28.0. The van der Waals surface area contributed by atoms with Crippen LogP contribution in [0, 0.1) is 0 Å². The van der Waals surface area contributed by atoms with Crippen molar-refractivity contribution >= 4 is 5.91 Å². The number of ether oxygens (including phenoxy) is 4. The molecule has 2 rings (SSSR count). The minimum absolute atomic E-state index is 0.258. The van der Waals surface area contributed by atoms with E-state index in [0.717, 1.165) is 64.2 Å². The molecule has 0 aromatic carbocycles. The summed E-state index contributed by atoms with van der Waals surface area (Å²) in [6.45, 7) is 2.65. The van der Waals surface area contributed by atoms with Gasteiger partial charge in [0.25, 0.3) is 0 Å². The molecule has 12 unspecified atom stereocenters. The summed E-state index contributed by atoms with van der Waals surface area (Å²) in [5.74, 6) is -0.267. The van der Waals surface area contributed by atoms with Crippen LogP contribution in [0.5, 0.6) is 0 Å². The molecule has 12 atom stereocenters. The first kappa shape index (κ1) is 56.8. The summed E-state index contributed by atoms with van der Waals surface area (Å²) in [4.78, 5) is 13.1. The van der Waals surface area contributed by atoms with Gasteiger partial charge in [0.2, 0.25) is 5.91 Å². The predicted molar refractivity (Wildman–Crippen MR) is 244 cm³/mol. The van der Waals surface area contributed by atoms with Gasteiger partial charge in [-0.1, -0.05) is 132 Å². The van der Waals surface area contributed by atoms with E-state index in [1.165, 1.54) is 51.4 Å². The van der Waals surface area contributed by atoms with Crippen LogP contribution in [0.25, 0.3) is 0 Å². The van der Waals surface area contributed by atoms with Gasteiger partial charge in [0.1, 0.15) is 48.8 Å². The molecule has 9 N–H and O–H groups in total. The van der Waals surface area contributed by atoms with Crippen LogP contribution in [0.4, 0.5) is 0 Å².